The van der Waals surface area contributed by atoms with Crippen molar-refractivity contribution in [3.05, 3.63) is 47.8 Å². The van der Waals surface area contributed by atoms with E-state index in [0.717, 1.165) is 5.56 Å². The summed E-state index contributed by atoms with van der Waals surface area (Å²) in [4.78, 5) is 19.0. The Bertz CT molecular complexity index is 874. The Kier molecular flexibility index (Phi) is 7.38. The smallest absolute Gasteiger partial charge is 0.410 e. The highest BCUT2D eigenvalue weighted by atomic mass is 19.1. The van der Waals surface area contributed by atoms with Gasteiger partial charge in [-0.3, -0.25) is 0 Å². The molecule has 9 heteroatoms. The van der Waals surface area contributed by atoms with Gasteiger partial charge in [-0.25, -0.2) is 9.18 Å². The zero-order valence-corrected chi connectivity index (χ0v) is 18.0. The lowest BCUT2D eigenvalue weighted by molar-refractivity contribution is 0.0122. The Morgan fingerprint density at radius 2 is 1.77 bits per heavy atom. The van der Waals surface area contributed by atoms with Crippen molar-refractivity contribution in [3.63, 3.8) is 0 Å². The number of hydrogen-bond donors (Lipinski definition) is 0. The van der Waals surface area contributed by atoms with Gasteiger partial charge in [0.05, 0.1) is 0 Å². The number of benzene rings is 1. The normalized spacial score (nSPS) is 15.2. The maximum absolute atomic E-state index is 12.9. The van der Waals surface area contributed by atoms with Gasteiger partial charge in [-0.2, -0.15) is 0 Å². The summed E-state index contributed by atoms with van der Waals surface area (Å²) in [6, 6.07) is 9.45. The highest BCUT2D eigenvalue weighted by Crippen LogP contribution is 2.20. The summed E-state index contributed by atoms with van der Waals surface area (Å²) in [6.07, 6.45) is 3.11. The maximum atomic E-state index is 12.9. The van der Waals surface area contributed by atoms with Gasteiger partial charge >= 0.3 is 6.09 Å². The molecule has 8 nitrogen and oxygen atoms in total. The molecule has 1 aliphatic heterocycles. The first kappa shape index (κ1) is 22.5. The van der Waals surface area contributed by atoms with Gasteiger partial charge in [0.1, 0.15) is 17.5 Å². The number of hydrogen-bond acceptors (Lipinski definition) is 7. The number of piperidine rings is 1. The van der Waals surface area contributed by atoms with Gasteiger partial charge in [-0.15, -0.1) is 10.2 Å². The zero-order chi connectivity index (χ0) is 22.3. The van der Waals surface area contributed by atoms with E-state index in [-0.39, 0.29) is 23.9 Å². The summed E-state index contributed by atoms with van der Waals surface area (Å²) >= 11 is 0. The molecule has 1 saturated heterocycles. The molecule has 2 heterocycles. The number of amides is 1. The lowest BCUT2D eigenvalue weighted by Gasteiger charge is -2.33. The quantitative estimate of drug-likeness (QED) is 0.509. The fourth-order valence-corrected chi connectivity index (χ4v) is 2.93. The second-order valence-electron chi connectivity index (χ2n) is 8.20. The van der Waals surface area contributed by atoms with Crippen LogP contribution in [0.2, 0.25) is 0 Å². The number of rotatable bonds is 6. The molecule has 0 spiro atoms. The molecule has 3 rings (SSSR count). The van der Waals surface area contributed by atoms with Crippen LogP contribution in [0.1, 0.15) is 39.2 Å². The van der Waals surface area contributed by atoms with Crippen LogP contribution in [0, 0.1) is 5.82 Å². The van der Waals surface area contributed by atoms with E-state index < -0.39 is 5.60 Å². The highest BCUT2D eigenvalue weighted by molar-refractivity contribution is 5.68. The van der Waals surface area contributed by atoms with Crippen LogP contribution in [-0.2, 0) is 11.2 Å². The predicted molar refractivity (Wildman–Crippen MR) is 113 cm³/mol. The molecular formula is C22H27FN4O4. The van der Waals surface area contributed by atoms with Gasteiger partial charge < -0.3 is 19.2 Å². The lowest BCUT2D eigenvalue weighted by atomic mass is 10.1. The number of carbonyl (C=O) groups is 1. The van der Waals surface area contributed by atoms with Crippen LogP contribution in [0.25, 0.3) is 0 Å². The van der Waals surface area contributed by atoms with Crippen LogP contribution >= 0.6 is 0 Å². The number of nitrogens with zero attached hydrogens (tertiary/aromatic N) is 4. The van der Waals surface area contributed by atoms with Crippen molar-refractivity contribution >= 4 is 12.3 Å². The first-order valence-corrected chi connectivity index (χ1v) is 10.2. The zero-order valence-electron chi connectivity index (χ0n) is 18.0. The molecule has 0 aliphatic carbocycles. The number of aromatic nitrogens is 2. The van der Waals surface area contributed by atoms with Crippen molar-refractivity contribution < 1.29 is 23.5 Å². The molecular weight excluding hydrogens is 403 g/mol. The molecule has 0 saturated carbocycles. The van der Waals surface area contributed by atoms with E-state index >= 15 is 0 Å². The third-order valence-corrected chi connectivity index (χ3v) is 4.46. The minimum absolute atomic E-state index is 0.0477. The Morgan fingerprint density at radius 3 is 2.39 bits per heavy atom. The highest BCUT2D eigenvalue weighted by Gasteiger charge is 2.27. The molecule has 1 aromatic heterocycles. The molecule has 0 atom stereocenters. The molecule has 31 heavy (non-hydrogen) atoms. The van der Waals surface area contributed by atoms with Gasteiger partial charge in [0.25, 0.3) is 5.88 Å². The monoisotopic (exact) mass is 430 g/mol. The van der Waals surface area contributed by atoms with Crippen molar-refractivity contribution in [2.24, 2.45) is 5.16 Å². The average Bonchev–Trinajstić information content (AvgIpc) is 2.73. The average molecular weight is 430 g/mol. The van der Waals surface area contributed by atoms with Gasteiger partial charge in [0.2, 0.25) is 5.88 Å². The van der Waals surface area contributed by atoms with Crippen molar-refractivity contribution in [3.8, 4) is 11.8 Å². The lowest BCUT2D eigenvalue weighted by Crippen LogP contribution is -2.44. The summed E-state index contributed by atoms with van der Waals surface area (Å²) in [7, 11) is 0. The topological polar surface area (TPSA) is 86.1 Å². The molecule has 1 aromatic carbocycles. The van der Waals surface area contributed by atoms with Gasteiger partial charge in [0.15, 0.2) is 0 Å². The van der Waals surface area contributed by atoms with E-state index in [9.17, 15) is 9.18 Å². The Balaban J connectivity index is 1.40. The van der Waals surface area contributed by atoms with Gasteiger partial charge in [-0.05, 0) is 38.5 Å². The molecule has 0 bridgehead atoms. The molecule has 166 valence electrons. The van der Waals surface area contributed by atoms with Crippen LogP contribution in [0.4, 0.5) is 9.18 Å². The minimum atomic E-state index is -0.505. The summed E-state index contributed by atoms with van der Waals surface area (Å²) in [6.45, 7) is 6.69. The molecule has 1 fully saturated rings. The number of ether oxygens (including phenoxy) is 2. The third kappa shape index (κ3) is 7.51. The Labute approximate surface area is 181 Å². The largest absolute Gasteiger partial charge is 0.473 e. The second kappa shape index (κ2) is 10.2. The first-order valence-electron chi connectivity index (χ1n) is 10.2. The van der Waals surface area contributed by atoms with E-state index in [1.807, 2.05) is 20.8 Å². The standard InChI is InChI=1S/C22H27FN4O4/c1-22(2,3)30-21(28)27-14-11-18(12-15-27)29-19-8-9-20(26-25-19)31-24-13-10-16-4-6-17(23)7-5-16/h4-9,13,18H,10-12,14-15H2,1-3H3. The number of oxime groups is 1. The van der Waals surface area contributed by atoms with E-state index in [0.29, 0.717) is 38.2 Å². The molecule has 0 N–H and O–H groups in total. The fourth-order valence-electron chi connectivity index (χ4n) is 2.93. The van der Waals surface area contributed by atoms with Gasteiger partial charge in [-0.1, -0.05) is 17.3 Å². The molecule has 1 amide bonds. The van der Waals surface area contributed by atoms with Crippen LogP contribution in [-0.4, -0.2) is 52.2 Å². The van der Waals surface area contributed by atoms with E-state index in [2.05, 4.69) is 15.4 Å². The van der Waals surface area contributed by atoms with Crippen LogP contribution in [0.15, 0.2) is 41.6 Å². The molecule has 0 unspecified atom stereocenters. The van der Waals surface area contributed by atoms with Crippen molar-refractivity contribution in [2.75, 3.05) is 13.1 Å². The van der Waals surface area contributed by atoms with Crippen molar-refractivity contribution in [2.45, 2.75) is 51.7 Å². The third-order valence-electron chi connectivity index (χ3n) is 4.46. The SMILES string of the molecule is CC(C)(C)OC(=O)N1CCC(Oc2ccc(ON=CCc3ccc(F)cc3)nn2)CC1. The summed E-state index contributed by atoms with van der Waals surface area (Å²) in [5, 5.41) is 11.8. The predicted octanol–water partition coefficient (Wildman–Crippen LogP) is 4.00. The molecule has 1 aliphatic rings. The van der Waals surface area contributed by atoms with Crippen LogP contribution < -0.4 is 9.57 Å². The number of halogens is 1. The molecule has 2 aromatic rings. The summed E-state index contributed by atoms with van der Waals surface area (Å²) < 4.78 is 24.1. The second-order valence-corrected chi connectivity index (χ2v) is 8.20. The minimum Gasteiger partial charge on any atom is -0.473 e. The first-order chi connectivity index (χ1) is 14.8. The maximum Gasteiger partial charge on any atom is 0.410 e. The molecule has 0 radical (unpaired) electrons. The van der Waals surface area contributed by atoms with E-state index in [1.165, 1.54) is 12.1 Å². The Morgan fingerprint density at radius 1 is 1.13 bits per heavy atom. The van der Waals surface area contributed by atoms with Crippen molar-refractivity contribution in [1.29, 1.82) is 0 Å². The summed E-state index contributed by atoms with van der Waals surface area (Å²) in [5.41, 5.74) is 0.413. The summed E-state index contributed by atoms with van der Waals surface area (Å²) in [5.74, 6) is 0.351. The van der Waals surface area contributed by atoms with E-state index in [1.54, 1.807) is 35.4 Å². The van der Waals surface area contributed by atoms with E-state index in [4.69, 9.17) is 14.3 Å². The fraction of sp³-hybridized carbons (Fsp3) is 0.455. The van der Waals surface area contributed by atoms with Gasteiger partial charge in [0, 0.05) is 50.7 Å². The van der Waals surface area contributed by atoms with Crippen molar-refractivity contribution in [1.82, 2.24) is 15.1 Å². The van der Waals surface area contributed by atoms with Crippen LogP contribution in [0.3, 0.4) is 0 Å². The number of likely N-dealkylation sites (tertiary alicyclic amines) is 1. The Hall–Kier alpha value is -3.23. The number of carbonyl (C=O) groups excluding carboxylic acids is 1. The van der Waals surface area contributed by atoms with Crippen LogP contribution in [0.5, 0.6) is 11.8 Å².